The minimum absolute atomic E-state index is 0.0171. The number of ether oxygens (including phenoxy) is 3. The summed E-state index contributed by atoms with van der Waals surface area (Å²) < 4.78 is 24.6. The van der Waals surface area contributed by atoms with E-state index in [1.165, 1.54) is 0 Å². The van der Waals surface area contributed by atoms with Gasteiger partial charge in [-0.3, -0.25) is 0 Å². The number of hydrogen-bond donors (Lipinski definition) is 0. The van der Waals surface area contributed by atoms with Crippen molar-refractivity contribution in [3.8, 4) is 0 Å². The summed E-state index contributed by atoms with van der Waals surface area (Å²) in [6.45, 7) is 19.1. The first-order valence-corrected chi connectivity index (χ1v) is 10.4. The molecule has 2 aliphatic heterocycles. The molecule has 4 atom stereocenters. The molecule has 0 amide bonds. The molecule has 0 spiro atoms. The molecule has 118 valence electrons. The molecule has 0 aromatic carbocycles. The largest absolute Gasteiger partial charge is 0.390 e. The highest BCUT2D eigenvalue weighted by atomic mass is 28.4. The number of rotatable bonds is 2. The van der Waals surface area contributed by atoms with Gasteiger partial charge in [0.2, 0.25) is 0 Å². The highest BCUT2D eigenvalue weighted by Gasteiger charge is 2.64. The van der Waals surface area contributed by atoms with Crippen LogP contribution in [0.1, 0.15) is 48.5 Å². The number of hydrogen-bond acceptors (Lipinski definition) is 4. The average molecular weight is 302 g/mol. The second kappa shape index (κ2) is 4.52. The van der Waals surface area contributed by atoms with E-state index in [0.29, 0.717) is 0 Å². The molecule has 0 aromatic rings. The molecule has 2 saturated heterocycles. The molecule has 0 radical (unpaired) electrons. The van der Waals surface area contributed by atoms with Crippen LogP contribution in [0.3, 0.4) is 0 Å². The van der Waals surface area contributed by atoms with Crippen LogP contribution in [-0.2, 0) is 18.6 Å². The molecule has 0 aliphatic carbocycles. The SMILES string of the molecule is C[C@H]1OC(O[Si](C)(C)C(C)(C)C)[C@]2(C)OC(C)(C)O[C@H]12. The molecule has 0 bridgehead atoms. The van der Waals surface area contributed by atoms with Crippen LogP contribution in [0.4, 0.5) is 0 Å². The van der Waals surface area contributed by atoms with Gasteiger partial charge in [-0.15, -0.1) is 0 Å². The van der Waals surface area contributed by atoms with Crippen LogP contribution in [0.2, 0.25) is 18.1 Å². The van der Waals surface area contributed by atoms with Crippen LogP contribution in [0, 0.1) is 0 Å². The molecule has 0 aromatic heterocycles. The van der Waals surface area contributed by atoms with Crippen molar-refractivity contribution in [3.05, 3.63) is 0 Å². The zero-order chi connectivity index (χ0) is 15.6. The van der Waals surface area contributed by atoms with Gasteiger partial charge in [0.25, 0.3) is 0 Å². The lowest BCUT2D eigenvalue weighted by molar-refractivity contribution is -0.235. The summed E-state index contributed by atoms with van der Waals surface area (Å²) in [5.41, 5.74) is -0.529. The Bertz CT molecular complexity index is 388. The third-order valence-electron chi connectivity index (χ3n) is 4.88. The third kappa shape index (κ3) is 2.59. The summed E-state index contributed by atoms with van der Waals surface area (Å²) >= 11 is 0. The Morgan fingerprint density at radius 1 is 1.10 bits per heavy atom. The van der Waals surface area contributed by atoms with Gasteiger partial charge >= 0.3 is 0 Å². The fraction of sp³-hybridized carbons (Fsp3) is 1.00. The van der Waals surface area contributed by atoms with E-state index in [4.69, 9.17) is 18.6 Å². The summed E-state index contributed by atoms with van der Waals surface area (Å²) in [6, 6.07) is 0. The minimum Gasteiger partial charge on any atom is -0.390 e. The van der Waals surface area contributed by atoms with Crippen LogP contribution < -0.4 is 0 Å². The first kappa shape index (κ1) is 16.4. The van der Waals surface area contributed by atoms with Crippen molar-refractivity contribution < 1.29 is 18.6 Å². The summed E-state index contributed by atoms with van der Waals surface area (Å²) in [6.07, 6.45) is -0.450. The summed E-state index contributed by atoms with van der Waals surface area (Å²) in [5.74, 6) is -0.577. The molecule has 5 heteroatoms. The van der Waals surface area contributed by atoms with E-state index in [0.717, 1.165) is 0 Å². The van der Waals surface area contributed by atoms with Gasteiger partial charge in [-0.25, -0.2) is 0 Å². The summed E-state index contributed by atoms with van der Waals surface area (Å²) in [5, 5.41) is 0.142. The zero-order valence-electron chi connectivity index (χ0n) is 14.4. The molecular formula is C15H30O4Si. The van der Waals surface area contributed by atoms with Crippen molar-refractivity contribution in [2.45, 2.75) is 96.5 Å². The first-order chi connectivity index (χ1) is 8.79. The summed E-state index contributed by atoms with van der Waals surface area (Å²) in [4.78, 5) is 0. The maximum Gasteiger partial charge on any atom is 0.195 e. The van der Waals surface area contributed by atoms with Gasteiger partial charge in [-0.1, -0.05) is 20.8 Å². The topological polar surface area (TPSA) is 36.9 Å². The van der Waals surface area contributed by atoms with E-state index in [2.05, 4.69) is 33.9 Å². The molecule has 1 unspecified atom stereocenters. The third-order valence-corrected chi connectivity index (χ3v) is 9.30. The van der Waals surface area contributed by atoms with Gasteiger partial charge in [0.1, 0.15) is 11.7 Å². The van der Waals surface area contributed by atoms with Gasteiger partial charge in [-0.05, 0) is 45.8 Å². The quantitative estimate of drug-likeness (QED) is 0.729. The van der Waals surface area contributed by atoms with Crippen molar-refractivity contribution in [3.63, 3.8) is 0 Å². The van der Waals surface area contributed by atoms with Gasteiger partial charge < -0.3 is 18.6 Å². The monoisotopic (exact) mass is 302 g/mol. The normalized spacial score (nSPS) is 41.0. The Labute approximate surface area is 124 Å². The second-order valence-corrected chi connectivity index (χ2v) is 13.0. The first-order valence-electron chi connectivity index (χ1n) is 7.50. The predicted octanol–water partition coefficient (Wildman–Crippen LogP) is 3.66. The fourth-order valence-electron chi connectivity index (χ4n) is 2.77. The Morgan fingerprint density at radius 3 is 2.15 bits per heavy atom. The standard InChI is InChI=1S/C15H30O4Si/c1-10-11-15(7,19-14(5,6)17-11)12(16-10)18-20(8,9)13(2,3)4/h10-12H,1-9H3/t10-,11-,12?,15-/m1/s1. The van der Waals surface area contributed by atoms with Crippen LogP contribution in [-0.4, -0.2) is 38.2 Å². The van der Waals surface area contributed by atoms with E-state index < -0.39 is 19.7 Å². The second-order valence-electron chi connectivity index (χ2n) is 8.28. The van der Waals surface area contributed by atoms with E-state index in [1.54, 1.807) is 0 Å². The molecule has 2 aliphatic rings. The molecule has 2 fully saturated rings. The van der Waals surface area contributed by atoms with Crippen molar-refractivity contribution in [1.29, 1.82) is 0 Å². The molecule has 2 rings (SSSR count). The van der Waals surface area contributed by atoms with Crippen LogP contribution in [0.15, 0.2) is 0 Å². The average Bonchev–Trinajstić information content (AvgIpc) is 2.56. The lowest BCUT2D eigenvalue weighted by Crippen LogP contribution is -2.52. The van der Waals surface area contributed by atoms with E-state index in [9.17, 15) is 0 Å². The van der Waals surface area contributed by atoms with Crippen LogP contribution in [0.5, 0.6) is 0 Å². The van der Waals surface area contributed by atoms with Crippen molar-refractivity contribution in [2.24, 2.45) is 0 Å². The number of fused-ring (bicyclic) bond motifs is 1. The zero-order valence-corrected chi connectivity index (χ0v) is 15.4. The minimum atomic E-state index is -1.91. The predicted molar refractivity (Wildman–Crippen MR) is 81.1 cm³/mol. The van der Waals surface area contributed by atoms with Crippen molar-refractivity contribution >= 4 is 8.32 Å². The van der Waals surface area contributed by atoms with Gasteiger partial charge in [-0.2, -0.15) is 0 Å². The molecule has 0 N–H and O–H groups in total. The van der Waals surface area contributed by atoms with E-state index >= 15 is 0 Å². The maximum absolute atomic E-state index is 6.46. The molecule has 20 heavy (non-hydrogen) atoms. The summed E-state index contributed by atoms with van der Waals surface area (Å²) in [7, 11) is -1.91. The maximum atomic E-state index is 6.46. The smallest absolute Gasteiger partial charge is 0.195 e. The molecule has 4 nitrogen and oxygen atoms in total. The van der Waals surface area contributed by atoms with Crippen molar-refractivity contribution in [2.75, 3.05) is 0 Å². The van der Waals surface area contributed by atoms with Gasteiger partial charge in [0.15, 0.2) is 20.4 Å². The Kier molecular flexibility index (Phi) is 3.72. The van der Waals surface area contributed by atoms with Crippen LogP contribution in [0.25, 0.3) is 0 Å². The lowest BCUT2D eigenvalue weighted by atomic mass is 9.99. The van der Waals surface area contributed by atoms with Gasteiger partial charge in [0, 0.05) is 0 Å². The van der Waals surface area contributed by atoms with Crippen molar-refractivity contribution in [1.82, 2.24) is 0 Å². The van der Waals surface area contributed by atoms with Crippen LogP contribution >= 0.6 is 0 Å². The van der Waals surface area contributed by atoms with E-state index in [-0.39, 0.29) is 23.5 Å². The molecule has 2 heterocycles. The Morgan fingerprint density at radius 2 is 1.65 bits per heavy atom. The molecular weight excluding hydrogens is 272 g/mol. The lowest BCUT2D eigenvalue weighted by Gasteiger charge is -2.41. The molecule has 0 saturated carbocycles. The highest BCUT2D eigenvalue weighted by Crippen LogP contribution is 2.49. The highest BCUT2D eigenvalue weighted by molar-refractivity contribution is 6.74. The van der Waals surface area contributed by atoms with E-state index in [1.807, 2.05) is 27.7 Å². The fourth-order valence-corrected chi connectivity index (χ4v) is 3.95. The Balaban J connectivity index is 2.22. The van der Waals surface area contributed by atoms with Gasteiger partial charge in [0.05, 0.1) is 6.10 Å². The Hall–Kier alpha value is 0.0569.